The maximum absolute atomic E-state index is 8.85. The van der Waals surface area contributed by atoms with Crippen molar-refractivity contribution < 1.29 is 14.6 Å². The summed E-state index contributed by atoms with van der Waals surface area (Å²) < 4.78 is 10.2. The van der Waals surface area contributed by atoms with E-state index in [-0.39, 0.29) is 12.6 Å². The van der Waals surface area contributed by atoms with Crippen LogP contribution in [-0.4, -0.2) is 51.2 Å². The highest BCUT2D eigenvalue weighted by atomic mass is 16.5. The first kappa shape index (κ1) is 13.8. The second-order valence-electron chi connectivity index (χ2n) is 3.39. The van der Waals surface area contributed by atoms with Crippen LogP contribution in [0, 0.1) is 0 Å². The van der Waals surface area contributed by atoms with Crippen LogP contribution in [0.15, 0.2) is 0 Å². The molecule has 0 radical (unpaired) electrons. The molecular formula is C10H23NO3. The van der Waals surface area contributed by atoms with Gasteiger partial charge in [-0.1, -0.05) is 6.92 Å². The molecule has 0 aromatic rings. The Bertz CT molecular complexity index is 116. The molecule has 4 heteroatoms. The van der Waals surface area contributed by atoms with Crippen LogP contribution >= 0.6 is 0 Å². The van der Waals surface area contributed by atoms with Gasteiger partial charge >= 0.3 is 0 Å². The van der Waals surface area contributed by atoms with Gasteiger partial charge in [-0.25, -0.2) is 0 Å². The van der Waals surface area contributed by atoms with Crippen LogP contribution in [-0.2, 0) is 9.47 Å². The highest BCUT2D eigenvalue weighted by molar-refractivity contribution is 4.72. The Kier molecular flexibility index (Phi) is 9.29. The Morgan fingerprint density at radius 3 is 2.14 bits per heavy atom. The quantitative estimate of drug-likeness (QED) is 0.572. The zero-order valence-electron chi connectivity index (χ0n) is 9.45. The SMILES string of the molecule is CCC(COC)NC(CCO)COC. The van der Waals surface area contributed by atoms with E-state index in [1.54, 1.807) is 14.2 Å². The summed E-state index contributed by atoms with van der Waals surface area (Å²) >= 11 is 0. The van der Waals surface area contributed by atoms with Gasteiger partial charge < -0.3 is 19.9 Å². The second-order valence-corrected chi connectivity index (χ2v) is 3.39. The van der Waals surface area contributed by atoms with Crippen molar-refractivity contribution in [3.8, 4) is 0 Å². The van der Waals surface area contributed by atoms with Gasteiger partial charge in [0.25, 0.3) is 0 Å². The number of rotatable bonds is 9. The molecule has 0 spiro atoms. The van der Waals surface area contributed by atoms with E-state index in [1.807, 2.05) is 0 Å². The lowest BCUT2D eigenvalue weighted by molar-refractivity contribution is 0.117. The fourth-order valence-electron chi connectivity index (χ4n) is 1.39. The summed E-state index contributed by atoms with van der Waals surface area (Å²) in [4.78, 5) is 0. The van der Waals surface area contributed by atoms with E-state index in [0.29, 0.717) is 25.7 Å². The molecule has 0 aliphatic heterocycles. The third-order valence-corrected chi connectivity index (χ3v) is 2.18. The van der Waals surface area contributed by atoms with Crippen molar-refractivity contribution in [1.82, 2.24) is 5.32 Å². The molecule has 0 saturated carbocycles. The van der Waals surface area contributed by atoms with E-state index in [9.17, 15) is 0 Å². The Hall–Kier alpha value is -0.160. The van der Waals surface area contributed by atoms with Crippen molar-refractivity contribution in [3.05, 3.63) is 0 Å². The van der Waals surface area contributed by atoms with Crippen molar-refractivity contribution >= 4 is 0 Å². The average Bonchev–Trinajstić information content (AvgIpc) is 2.18. The fraction of sp³-hybridized carbons (Fsp3) is 1.00. The predicted octanol–water partition coefficient (Wildman–Crippen LogP) is 0.398. The van der Waals surface area contributed by atoms with E-state index in [0.717, 1.165) is 6.42 Å². The van der Waals surface area contributed by atoms with Gasteiger partial charge in [0.2, 0.25) is 0 Å². The van der Waals surface area contributed by atoms with Crippen LogP contribution < -0.4 is 5.32 Å². The average molecular weight is 205 g/mol. The first-order valence-electron chi connectivity index (χ1n) is 5.13. The molecule has 0 aliphatic rings. The molecule has 2 unspecified atom stereocenters. The molecule has 0 aromatic heterocycles. The van der Waals surface area contributed by atoms with Crippen LogP contribution in [0.3, 0.4) is 0 Å². The fourth-order valence-corrected chi connectivity index (χ4v) is 1.39. The summed E-state index contributed by atoms with van der Waals surface area (Å²) in [6, 6.07) is 0.553. The van der Waals surface area contributed by atoms with Crippen molar-refractivity contribution in [2.24, 2.45) is 0 Å². The number of ether oxygens (including phenoxy) is 2. The Balaban J connectivity index is 3.83. The van der Waals surface area contributed by atoms with E-state index < -0.39 is 0 Å². The van der Waals surface area contributed by atoms with Gasteiger partial charge in [-0.3, -0.25) is 0 Å². The monoisotopic (exact) mass is 205 g/mol. The third kappa shape index (κ3) is 6.32. The highest BCUT2D eigenvalue weighted by Gasteiger charge is 2.13. The number of hydrogen-bond acceptors (Lipinski definition) is 4. The highest BCUT2D eigenvalue weighted by Crippen LogP contribution is 1.98. The van der Waals surface area contributed by atoms with Gasteiger partial charge in [0.05, 0.1) is 13.2 Å². The maximum atomic E-state index is 8.85. The molecule has 2 atom stereocenters. The van der Waals surface area contributed by atoms with E-state index in [1.165, 1.54) is 0 Å². The van der Waals surface area contributed by atoms with Crippen LogP contribution in [0.5, 0.6) is 0 Å². The number of nitrogens with one attached hydrogen (secondary N) is 1. The zero-order valence-corrected chi connectivity index (χ0v) is 9.45. The summed E-state index contributed by atoms with van der Waals surface area (Å²) in [5.41, 5.74) is 0. The van der Waals surface area contributed by atoms with Gasteiger partial charge in [-0.05, 0) is 12.8 Å². The minimum absolute atomic E-state index is 0.185. The molecule has 0 rings (SSSR count). The van der Waals surface area contributed by atoms with Crippen LogP contribution in [0.1, 0.15) is 19.8 Å². The lowest BCUT2D eigenvalue weighted by atomic mass is 10.1. The molecule has 0 heterocycles. The summed E-state index contributed by atoms with van der Waals surface area (Å²) in [5, 5.41) is 12.2. The lowest BCUT2D eigenvalue weighted by Crippen LogP contribution is -2.43. The smallest absolute Gasteiger partial charge is 0.0616 e. The Morgan fingerprint density at radius 2 is 1.71 bits per heavy atom. The molecule has 0 bridgehead atoms. The zero-order chi connectivity index (χ0) is 10.8. The van der Waals surface area contributed by atoms with Crippen LogP contribution in [0.4, 0.5) is 0 Å². The molecule has 0 fully saturated rings. The summed E-state index contributed by atoms with van der Waals surface area (Å²) in [7, 11) is 3.37. The van der Waals surface area contributed by atoms with E-state index in [2.05, 4.69) is 12.2 Å². The molecule has 0 amide bonds. The predicted molar refractivity (Wildman–Crippen MR) is 56.5 cm³/mol. The molecule has 4 nitrogen and oxygen atoms in total. The van der Waals surface area contributed by atoms with Crippen LogP contribution in [0.25, 0.3) is 0 Å². The topological polar surface area (TPSA) is 50.7 Å². The maximum Gasteiger partial charge on any atom is 0.0616 e. The number of aliphatic hydroxyl groups is 1. The molecule has 0 saturated heterocycles. The van der Waals surface area contributed by atoms with Gasteiger partial charge in [0.1, 0.15) is 0 Å². The van der Waals surface area contributed by atoms with Gasteiger partial charge in [-0.2, -0.15) is 0 Å². The van der Waals surface area contributed by atoms with Crippen LogP contribution in [0.2, 0.25) is 0 Å². The van der Waals surface area contributed by atoms with E-state index in [4.69, 9.17) is 14.6 Å². The molecular weight excluding hydrogens is 182 g/mol. The summed E-state index contributed by atoms with van der Waals surface area (Å²) in [6.45, 7) is 3.62. The van der Waals surface area contributed by atoms with Crippen molar-refractivity contribution in [1.29, 1.82) is 0 Å². The van der Waals surface area contributed by atoms with Gasteiger partial charge in [-0.15, -0.1) is 0 Å². The number of methoxy groups -OCH3 is 2. The third-order valence-electron chi connectivity index (χ3n) is 2.18. The molecule has 2 N–H and O–H groups in total. The van der Waals surface area contributed by atoms with Crippen molar-refractivity contribution in [3.63, 3.8) is 0 Å². The summed E-state index contributed by atoms with van der Waals surface area (Å²) in [5.74, 6) is 0. The number of aliphatic hydroxyl groups excluding tert-OH is 1. The van der Waals surface area contributed by atoms with Gasteiger partial charge in [0.15, 0.2) is 0 Å². The lowest BCUT2D eigenvalue weighted by Gasteiger charge is -2.23. The first-order valence-corrected chi connectivity index (χ1v) is 5.13. The van der Waals surface area contributed by atoms with E-state index >= 15 is 0 Å². The number of hydrogen-bond donors (Lipinski definition) is 2. The molecule has 0 aromatic carbocycles. The first-order chi connectivity index (χ1) is 6.78. The summed E-state index contributed by atoms with van der Waals surface area (Å²) in [6.07, 6.45) is 1.73. The molecule has 14 heavy (non-hydrogen) atoms. The normalized spacial score (nSPS) is 15.4. The Labute approximate surface area is 86.6 Å². The minimum Gasteiger partial charge on any atom is -0.396 e. The van der Waals surface area contributed by atoms with Crippen molar-refractivity contribution in [2.45, 2.75) is 31.8 Å². The molecule has 0 aliphatic carbocycles. The standard InChI is InChI=1S/C10H23NO3/c1-4-9(7-13-2)11-10(5-6-12)8-14-3/h9-12H,4-8H2,1-3H3. The molecule has 86 valence electrons. The van der Waals surface area contributed by atoms with Crippen molar-refractivity contribution in [2.75, 3.05) is 34.0 Å². The second kappa shape index (κ2) is 9.40. The van der Waals surface area contributed by atoms with Gasteiger partial charge in [0, 0.05) is 32.9 Å². The largest absolute Gasteiger partial charge is 0.396 e. The Morgan fingerprint density at radius 1 is 1.14 bits per heavy atom. The minimum atomic E-state index is 0.185.